The van der Waals surface area contributed by atoms with Crippen molar-refractivity contribution >= 4 is 34.4 Å². The third kappa shape index (κ3) is 3.63. The minimum absolute atomic E-state index is 0.0106. The lowest BCUT2D eigenvalue weighted by molar-refractivity contribution is -0.117. The van der Waals surface area contributed by atoms with Gasteiger partial charge in [0.2, 0.25) is 5.91 Å². The van der Waals surface area contributed by atoms with Crippen molar-refractivity contribution in [3.05, 3.63) is 76.7 Å². The first kappa shape index (κ1) is 19.6. The summed E-state index contributed by atoms with van der Waals surface area (Å²) < 4.78 is 1.64. The number of nitrogens with zero attached hydrogens (tertiary/aromatic N) is 4. The molecule has 8 heteroatoms. The molecule has 0 aliphatic carbocycles. The molecule has 1 atom stereocenters. The van der Waals surface area contributed by atoms with Crippen LogP contribution in [0.5, 0.6) is 0 Å². The molecule has 1 N–H and O–H groups in total. The summed E-state index contributed by atoms with van der Waals surface area (Å²) >= 11 is 1.26. The molecule has 1 unspecified atom stereocenters. The van der Waals surface area contributed by atoms with Gasteiger partial charge >= 0.3 is 0 Å². The first-order valence-corrected chi connectivity index (χ1v) is 11.1. The average molecular weight is 432 g/mol. The zero-order valence-corrected chi connectivity index (χ0v) is 17.8. The number of nitrogens with one attached hydrogen (secondary N) is 1. The number of aryl methyl sites for hydroxylation is 1. The zero-order valence-electron chi connectivity index (χ0n) is 17.0. The summed E-state index contributed by atoms with van der Waals surface area (Å²) in [7, 11) is 0. The summed E-state index contributed by atoms with van der Waals surface area (Å²) in [5.74, 6) is 0.0106. The smallest absolute Gasteiger partial charge is 0.262 e. The van der Waals surface area contributed by atoms with Crippen LogP contribution in [0.15, 0.2) is 70.7 Å². The van der Waals surface area contributed by atoms with Crippen molar-refractivity contribution in [2.75, 3.05) is 11.4 Å². The highest BCUT2D eigenvalue weighted by Crippen LogP contribution is 2.30. The molecular formula is C23H21N5O2S. The molecule has 31 heavy (non-hydrogen) atoms. The maximum atomic E-state index is 13.2. The van der Waals surface area contributed by atoms with Crippen LogP contribution in [0.4, 0.5) is 5.69 Å². The van der Waals surface area contributed by atoms with Crippen LogP contribution in [-0.4, -0.2) is 37.5 Å². The van der Waals surface area contributed by atoms with E-state index in [1.165, 1.54) is 23.5 Å². The second-order valence-corrected chi connectivity index (χ2v) is 8.81. The molecule has 1 amide bonds. The van der Waals surface area contributed by atoms with E-state index >= 15 is 0 Å². The number of thioether (sulfide) groups is 1. The number of benzene rings is 2. The molecule has 0 bridgehead atoms. The highest BCUT2D eigenvalue weighted by atomic mass is 32.2. The Bertz CT molecular complexity index is 1310. The maximum Gasteiger partial charge on any atom is 0.262 e. The van der Waals surface area contributed by atoms with Gasteiger partial charge < -0.3 is 9.88 Å². The molecule has 0 saturated heterocycles. The molecule has 5 rings (SSSR count). The zero-order chi connectivity index (χ0) is 21.4. The highest BCUT2D eigenvalue weighted by Gasteiger charge is 2.27. The van der Waals surface area contributed by atoms with Gasteiger partial charge in [-0.05, 0) is 43.5 Å². The number of aromatic nitrogens is 4. The largest absolute Gasteiger partial charge is 0.311 e. The number of hydrogen-bond acceptors (Lipinski definition) is 5. The molecule has 2 aromatic heterocycles. The molecule has 1 aliphatic heterocycles. The fourth-order valence-electron chi connectivity index (χ4n) is 3.91. The molecule has 2 aromatic carbocycles. The van der Waals surface area contributed by atoms with Gasteiger partial charge in [-0.15, -0.1) is 0 Å². The minimum Gasteiger partial charge on any atom is -0.311 e. The van der Waals surface area contributed by atoms with Crippen LogP contribution in [0.25, 0.3) is 16.7 Å². The maximum absolute atomic E-state index is 13.2. The van der Waals surface area contributed by atoms with Crippen molar-refractivity contribution in [3.63, 3.8) is 0 Å². The van der Waals surface area contributed by atoms with Crippen molar-refractivity contribution in [1.82, 2.24) is 19.7 Å². The molecule has 4 aromatic rings. The van der Waals surface area contributed by atoms with Crippen molar-refractivity contribution in [2.45, 2.75) is 30.2 Å². The van der Waals surface area contributed by atoms with Gasteiger partial charge in [0.05, 0.1) is 17.1 Å². The highest BCUT2D eigenvalue weighted by molar-refractivity contribution is 8.00. The second kappa shape index (κ2) is 8.03. The molecule has 0 fully saturated rings. The lowest BCUT2D eigenvalue weighted by Gasteiger charge is -2.31. The molecule has 156 valence electrons. The molecule has 3 heterocycles. The van der Waals surface area contributed by atoms with E-state index in [-0.39, 0.29) is 11.5 Å². The van der Waals surface area contributed by atoms with Gasteiger partial charge in [0, 0.05) is 12.2 Å². The summed E-state index contributed by atoms with van der Waals surface area (Å²) in [4.78, 5) is 35.1. The Hall–Kier alpha value is -3.39. The lowest BCUT2D eigenvalue weighted by atomic mass is 10.0. The van der Waals surface area contributed by atoms with Gasteiger partial charge in [0.25, 0.3) is 5.56 Å². The van der Waals surface area contributed by atoms with E-state index in [0.717, 1.165) is 24.2 Å². The molecule has 0 spiro atoms. The summed E-state index contributed by atoms with van der Waals surface area (Å²) in [6.07, 6.45) is 3.44. The fraction of sp³-hybridized carbons (Fsp3) is 0.217. The molecule has 0 saturated carbocycles. The van der Waals surface area contributed by atoms with E-state index in [1.54, 1.807) is 4.68 Å². The van der Waals surface area contributed by atoms with E-state index in [1.807, 2.05) is 60.4 Å². The Kier molecular flexibility index (Phi) is 5.07. The monoisotopic (exact) mass is 431 g/mol. The Morgan fingerprint density at radius 3 is 2.74 bits per heavy atom. The van der Waals surface area contributed by atoms with Gasteiger partial charge in [0.1, 0.15) is 5.39 Å². The number of amides is 1. The minimum atomic E-state index is -0.403. The van der Waals surface area contributed by atoms with Gasteiger partial charge in [-0.2, -0.15) is 5.10 Å². The standard InChI is InChI=1S/C23H21N5O2S/c1-15(22(30)27-13-7-9-16-8-5-6-12-19(16)27)31-23-25-20-18(21(29)26-23)14-24-28(20)17-10-3-2-4-11-17/h2-6,8,10-12,14-15H,7,9,13H2,1H3,(H,25,26,29). The Labute approximate surface area is 183 Å². The van der Waals surface area contributed by atoms with Crippen LogP contribution in [0, 0.1) is 0 Å². The van der Waals surface area contributed by atoms with Crippen molar-refractivity contribution in [2.24, 2.45) is 0 Å². The lowest BCUT2D eigenvalue weighted by Crippen LogP contribution is -2.40. The average Bonchev–Trinajstić information content (AvgIpc) is 3.23. The first-order valence-electron chi connectivity index (χ1n) is 10.2. The molecule has 1 aliphatic rings. The second-order valence-electron chi connectivity index (χ2n) is 7.48. The third-order valence-corrected chi connectivity index (χ3v) is 6.40. The Balaban J connectivity index is 1.44. The van der Waals surface area contributed by atoms with E-state index in [9.17, 15) is 9.59 Å². The number of anilines is 1. The van der Waals surface area contributed by atoms with Crippen molar-refractivity contribution < 1.29 is 4.79 Å². The SMILES string of the molecule is CC(Sc1nc2c(cnn2-c2ccccc2)c(=O)[nH]1)C(=O)N1CCCc2ccccc21. The van der Waals surface area contributed by atoms with Crippen LogP contribution in [0.1, 0.15) is 18.9 Å². The molecule has 0 radical (unpaired) electrons. The van der Waals surface area contributed by atoms with Gasteiger partial charge in [-0.1, -0.05) is 48.2 Å². The van der Waals surface area contributed by atoms with E-state index in [2.05, 4.69) is 21.1 Å². The normalized spacial score (nSPS) is 14.4. The summed E-state index contributed by atoms with van der Waals surface area (Å²) in [6, 6.07) is 17.6. The molecular weight excluding hydrogens is 410 g/mol. The van der Waals surface area contributed by atoms with Crippen LogP contribution in [0.2, 0.25) is 0 Å². The van der Waals surface area contributed by atoms with E-state index < -0.39 is 5.25 Å². The number of H-pyrrole nitrogens is 1. The predicted molar refractivity (Wildman–Crippen MR) is 122 cm³/mol. The summed E-state index contributed by atoms with van der Waals surface area (Å²) in [6.45, 7) is 2.55. The number of fused-ring (bicyclic) bond motifs is 2. The quantitative estimate of drug-likeness (QED) is 0.395. The first-order chi connectivity index (χ1) is 15.1. The Morgan fingerprint density at radius 1 is 1.13 bits per heavy atom. The third-order valence-electron chi connectivity index (χ3n) is 5.43. The number of carbonyl (C=O) groups excluding carboxylic acids is 1. The van der Waals surface area contributed by atoms with E-state index in [0.29, 0.717) is 22.7 Å². The molecule has 7 nitrogen and oxygen atoms in total. The van der Waals surface area contributed by atoms with Crippen LogP contribution in [0.3, 0.4) is 0 Å². The summed E-state index contributed by atoms with van der Waals surface area (Å²) in [5, 5.41) is 4.75. The number of para-hydroxylation sites is 2. The van der Waals surface area contributed by atoms with Crippen LogP contribution in [-0.2, 0) is 11.2 Å². The van der Waals surface area contributed by atoms with E-state index in [4.69, 9.17) is 0 Å². The van der Waals surface area contributed by atoms with Crippen molar-refractivity contribution in [1.29, 1.82) is 0 Å². The topological polar surface area (TPSA) is 83.9 Å². The number of carbonyl (C=O) groups is 1. The Morgan fingerprint density at radius 2 is 1.90 bits per heavy atom. The number of aromatic amines is 1. The van der Waals surface area contributed by atoms with Gasteiger partial charge in [-0.25, -0.2) is 9.67 Å². The van der Waals surface area contributed by atoms with Gasteiger partial charge in [-0.3, -0.25) is 9.59 Å². The summed E-state index contributed by atoms with van der Waals surface area (Å²) in [5.41, 5.74) is 3.20. The van der Waals surface area contributed by atoms with Crippen LogP contribution >= 0.6 is 11.8 Å². The van der Waals surface area contributed by atoms with Crippen molar-refractivity contribution in [3.8, 4) is 5.69 Å². The van der Waals surface area contributed by atoms with Crippen LogP contribution < -0.4 is 10.5 Å². The number of rotatable bonds is 4. The number of hydrogen-bond donors (Lipinski definition) is 1. The predicted octanol–water partition coefficient (Wildman–Crippen LogP) is 3.57. The fourth-order valence-corrected chi connectivity index (χ4v) is 4.77. The van der Waals surface area contributed by atoms with Gasteiger partial charge in [0.15, 0.2) is 10.8 Å².